The standard InChI is InChI=1S/C19H23N3/c1-13-6-9-15(10-7-13)22-17-12-14(2)8-11-16(17)20-18(22)21-19(3,4)5/h6-12H,1-5H3,(H,20,21). The Morgan fingerprint density at radius 2 is 1.55 bits per heavy atom. The van der Waals surface area contributed by atoms with Crippen molar-refractivity contribution in [2.75, 3.05) is 5.32 Å². The maximum absolute atomic E-state index is 4.79. The van der Waals surface area contributed by atoms with E-state index in [1.165, 1.54) is 11.1 Å². The SMILES string of the molecule is Cc1ccc(-n2c(NC(C)(C)C)nc3ccc(C)cc32)cc1. The Morgan fingerprint density at radius 1 is 0.909 bits per heavy atom. The van der Waals surface area contributed by atoms with Gasteiger partial charge in [-0.15, -0.1) is 0 Å². The number of imidazole rings is 1. The Bertz CT molecular complexity index is 805. The first kappa shape index (κ1) is 14.6. The normalized spacial score (nSPS) is 11.9. The minimum atomic E-state index is -0.0428. The van der Waals surface area contributed by atoms with Crippen LogP contribution < -0.4 is 5.32 Å². The number of aromatic nitrogens is 2. The quantitative estimate of drug-likeness (QED) is 0.731. The van der Waals surface area contributed by atoms with E-state index in [9.17, 15) is 0 Å². The summed E-state index contributed by atoms with van der Waals surface area (Å²) < 4.78 is 2.20. The molecule has 0 aliphatic heterocycles. The van der Waals surface area contributed by atoms with Crippen LogP contribution in [0.3, 0.4) is 0 Å². The van der Waals surface area contributed by atoms with Crippen molar-refractivity contribution in [2.24, 2.45) is 0 Å². The predicted molar refractivity (Wildman–Crippen MR) is 93.9 cm³/mol. The molecule has 3 heteroatoms. The smallest absolute Gasteiger partial charge is 0.209 e. The lowest BCUT2D eigenvalue weighted by Gasteiger charge is -2.22. The summed E-state index contributed by atoms with van der Waals surface area (Å²) in [5.41, 5.74) is 5.73. The van der Waals surface area contributed by atoms with Gasteiger partial charge in [0.15, 0.2) is 0 Å². The van der Waals surface area contributed by atoms with Crippen molar-refractivity contribution in [2.45, 2.75) is 40.2 Å². The van der Waals surface area contributed by atoms with Gasteiger partial charge in [-0.25, -0.2) is 4.98 Å². The van der Waals surface area contributed by atoms with E-state index >= 15 is 0 Å². The van der Waals surface area contributed by atoms with Gasteiger partial charge in [-0.2, -0.15) is 0 Å². The molecule has 3 rings (SSSR count). The molecular formula is C19H23N3. The van der Waals surface area contributed by atoms with Crippen LogP contribution in [-0.4, -0.2) is 15.1 Å². The molecule has 114 valence electrons. The Hall–Kier alpha value is -2.29. The molecule has 22 heavy (non-hydrogen) atoms. The van der Waals surface area contributed by atoms with Crippen molar-refractivity contribution >= 4 is 17.0 Å². The van der Waals surface area contributed by atoms with Gasteiger partial charge >= 0.3 is 0 Å². The molecular weight excluding hydrogens is 270 g/mol. The molecule has 1 heterocycles. The molecule has 0 radical (unpaired) electrons. The first-order chi connectivity index (χ1) is 10.3. The molecule has 0 saturated carbocycles. The number of hydrogen-bond donors (Lipinski definition) is 1. The van der Waals surface area contributed by atoms with Crippen molar-refractivity contribution in [3.63, 3.8) is 0 Å². The van der Waals surface area contributed by atoms with E-state index < -0.39 is 0 Å². The molecule has 0 unspecified atom stereocenters. The third-order valence-corrected chi connectivity index (χ3v) is 3.59. The minimum absolute atomic E-state index is 0.0428. The van der Waals surface area contributed by atoms with Crippen LogP contribution >= 0.6 is 0 Å². The number of nitrogens with one attached hydrogen (secondary N) is 1. The predicted octanol–water partition coefficient (Wildman–Crippen LogP) is 4.85. The van der Waals surface area contributed by atoms with Gasteiger partial charge in [-0.05, 0) is 64.4 Å². The fourth-order valence-electron chi connectivity index (χ4n) is 2.56. The van der Waals surface area contributed by atoms with E-state index in [2.05, 4.69) is 87.0 Å². The van der Waals surface area contributed by atoms with E-state index in [4.69, 9.17) is 4.98 Å². The number of hydrogen-bond acceptors (Lipinski definition) is 2. The van der Waals surface area contributed by atoms with Crippen LogP contribution in [0.5, 0.6) is 0 Å². The third-order valence-electron chi connectivity index (χ3n) is 3.59. The lowest BCUT2D eigenvalue weighted by molar-refractivity contribution is 0.624. The first-order valence-corrected chi connectivity index (χ1v) is 7.68. The first-order valence-electron chi connectivity index (χ1n) is 7.68. The summed E-state index contributed by atoms with van der Waals surface area (Å²) in [5, 5.41) is 3.52. The van der Waals surface area contributed by atoms with Gasteiger partial charge in [0, 0.05) is 11.2 Å². The van der Waals surface area contributed by atoms with Crippen LogP contribution in [-0.2, 0) is 0 Å². The number of rotatable bonds is 2. The maximum atomic E-state index is 4.79. The average molecular weight is 293 g/mol. The monoisotopic (exact) mass is 293 g/mol. The molecule has 0 spiro atoms. The molecule has 0 aliphatic rings. The number of fused-ring (bicyclic) bond motifs is 1. The third kappa shape index (κ3) is 2.84. The summed E-state index contributed by atoms with van der Waals surface area (Å²) >= 11 is 0. The highest BCUT2D eigenvalue weighted by Crippen LogP contribution is 2.27. The molecule has 3 aromatic rings. The van der Waals surface area contributed by atoms with Gasteiger partial charge in [0.25, 0.3) is 0 Å². The van der Waals surface area contributed by atoms with Crippen LogP contribution in [0.1, 0.15) is 31.9 Å². The summed E-state index contributed by atoms with van der Waals surface area (Å²) in [5.74, 6) is 0.886. The van der Waals surface area contributed by atoms with Crippen LogP contribution in [0.2, 0.25) is 0 Å². The van der Waals surface area contributed by atoms with E-state index in [1.807, 2.05) is 0 Å². The maximum Gasteiger partial charge on any atom is 0.209 e. The summed E-state index contributed by atoms with van der Waals surface area (Å²) in [4.78, 5) is 4.79. The zero-order valence-corrected chi connectivity index (χ0v) is 13.9. The second-order valence-corrected chi connectivity index (χ2v) is 6.97. The lowest BCUT2D eigenvalue weighted by atomic mass is 10.1. The molecule has 0 saturated heterocycles. The van der Waals surface area contributed by atoms with Crippen LogP contribution in [0, 0.1) is 13.8 Å². The Labute approximate surface area is 132 Å². The molecule has 0 bridgehead atoms. The molecule has 1 N–H and O–H groups in total. The highest BCUT2D eigenvalue weighted by atomic mass is 15.2. The summed E-state index contributed by atoms with van der Waals surface area (Å²) in [6.45, 7) is 10.7. The number of aryl methyl sites for hydroxylation is 2. The van der Waals surface area contributed by atoms with Gasteiger partial charge in [-0.3, -0.25) is 4.57 Å². The summed E-state index contributed by atoms with van der Waals surface area (Å²) in [6.07, 6.45) is 0. The molecule has 0 fully saturated rings. The molecule has 0 amide bonds. The van der Waals surface area contributed by atoms with E-state index in [0.717, 1.165) is 22.7 Å². The van der Waals surface area contributed by atoms with Crippen molar-refractivity contribution in [3.8, 4) is 5.69 Å². The average Bonchev–Trinajstić information content (AvgIpc) is 2.75. The Kier molecular flexibility index (Phi) is 3.44. The summed E-state index contributed by atoms with van der Waals surface area (Å²) in [7, 11) is 0. The second kappa shape index (κ2) is 5.16. The van der Waals surface area contributed by atoms with Crippen molar-refractivity contribution in [1.82, 2.24) is 9.55 Å². The van der Waals surface area contributed by atoms with Crippen molar-refractivity contribution in [1.29, 1.82) is 0 Å². The highest BCUT2D eigenvalue weighted by Gasteiger charge is 2.17. The van der Waals surface area contributed by atoms with Gasteiger partial charge < -0.3 is 5.32 Å². The van der Waals surface area contributed by atoms with E-state index in [0.29, 0.717) is 0 Å². The fourth-order valence-corrected chi connectivity index (χ4v) is 2.56. The number of anilines is 1. The van der Waals surface area contributed by atoms with Crippen LogP contribution in [0.15, 0.2) is 42.5 Å². The molecule has 0 atom stereocenters. The fraction of sp³-hybridized carbons (Fsp3) is 0.316. The number of nitrogens with zero attached hydrogens (tertiary/aromatic N) is 2. The van der Waals surface area contributed by atoms with E-state index in [1.54, 1.807) is 0 Å². The van der Waals surface area contributed by atoms with E-state index in [-0.39, 0.29) is 5.54 Å². The van der Waals surface area contributed by atoms with Crippen molar-refractivity contribution < 1.29 is 0 Å². The molecule has 2 aromatic carbocycles. The van der Waals surface area contributed by atoms with Gasteiger partial charge in [0.1, 0.15) is 0 Å². The number of benzene rings is 2. The van der Waals surface area contributed by atoms with Gasteiger partial charge in [-0.1, -0.05) is 23.8 Å². The Balaban J connectivity index is 2.25. The largest absolute Gasteiger partial charge is 0.351 e. The molecule has 0 aliphatic carbocycles. The Morgan fingerprint density at radius 3 is 2.18 bits per heavy atom. The zero-order chi connectivity index (χ0) is 15.9. The highest BCUT2D eigenvalue weighted by molar-refractivity contribution is 5.82. The lowest BCUT2D eigenvalue weighted by Crippen LogP contribution is -2.28. The molecule has 3 nitrogen and oxygen atoms in total. The van der Waals surface area contributed by atoms with Crippen LogP contribution in [0.25, 0.3) is 16.7 Å². The van der Waals surface area contributed by atoms with Gasteiger partial charge in [0.2, 0.25) is 5.95 Å². The molecule has 1 aromatic heterocycles. The zero-order valence-electron chi connectivity index (χ0n) is 13.9. The van der Waals surface area contributed by atoms with Gasteiger partial charge in [0.05, 0.1) is 11.0 Å². The summed E-state index contributed by atoms with van der Waals surface area (Å²) in [6, 6.07) is 14.9. The second-order valence-electron chi connectivity index (χ2n) is 6.97. The minimum Gasteiger partial charge on any atom is -0.351 e. The topological polar surface area (TPSA) is 29.9 Å². The van der Waals surface area contributed by atoms with Crippen LogP contribution in [0.4, 0.5) is 5.95 Å². The van der Waals surface area contributed by atoms with Crippen molar-refractivity contribution in [3.05, 3.63) is 53.6 Å².